The van der Waals surface area contributed by atoms with Gasteiger partial charge >= 0.3 is 0 Å². The predicted molar refractivity (Wildman–Crippen MR) is 146 cm³/mol. The summed E-state index contributed by atoms with van der Waals surface area (Å²) in [7, 11) is 0. The highest BCUT2D eigenvalue weighted by molar-refractivity contribution is 6.14. The van der Waals surface area contributed by atoms with Gasteiger partial charge in [0.2, 0.25) is 5.90 Å². The zero-order valence-corrected chi connectivity index (χ0v) is 22.5. The molecule has 7 heteroatoms. The Morgan fingerprint density at radius 3 is 2.70 bits per heavy atom. The van der Waals surface area contributed by atoms with Crippen LogP contribution in [0, 0.1) is 17.8 Å². The lowest BCUT2D eigenvalue weighted by Crippen LogP contribution is -2.29. The molecule has 1 N–H and O–H groups in total. The number of fused-ring (bicyclic) bond motifs is 1. The highest BCUT2D eigenvalue weighted by Crippen LogP contribution is 2.33. The molecule has 1 unspecified atom stereocenters. The van der Waals surface area contributed by atoms with Crippen molar-refractivity contribution in [2.75, 3.05) is 26.4 Å². The Morgan fingerprint density at radius 1 is 1.24 bits per heavy atom. The van der Waals surface area contributed by atoms with Crippen LogP contribution in [0.15, 0.2) is 51.7 Å². The number of carbonyl (C=O) groups is 1. The molecule has 0 saturated heterocycles. The van der Waals surface area contributed by atoms with E-state index < -0.39 is 0 Å². The van der Waals surface area contributed by atoms with Crippen LogP contribution in [0.3, 0.4) is 0 Å². The van der Waals surface area contributed by atoms with Gasteiger partial charge < -0.3 is 14.6 Å². The fraction of sp³-hybridized carbons (Fsp3) is 0.500. The molecule has 0 spiro atoms. The summed E-state index contributed by atoms with van der Waals surface area (Å²) in [5.41, 5.74) is 3.96. The molecule has 1 aliphatic carbocycles. The highest BCUT2D eigenvalue weighted by atomic mass is 16.5. The maximum Gasteiger partial charge on any atom is 0.209 e. The second-order valence-corrected chi connectivity index (χ2v) is 10.8. The molecule has 196 valence electrons. The van der Waals surface area contributed by atoms with Gasteiger partial charge in [0.1, 0.15) is 18.3 Å². The smallest absolute Gasteiger partial charge is 0.209 e. The number of hydrogen-bond donors (Lipinski definition) is 1. The number of benzene rings is 1. The van der Waals surface area contributed by atoms with E-state index in [2.05, 4.69) is 32.6 Å². The van der Waals surface area contributed by atoms with Crippen molar-refractivity contribution in [3.63, 3.8) is 0 Å². The summed E-state index contributed by atoms with van der Waals surface area (Å²) in [6.07, 6.45) is 6.68. The number of ether oxygens (including phenoxy) is 2. The first-order valence-corrected chi connectivity index (χ1v) is 13.0. The van der Waals surface area contributed by atoms with Crippen molar-refractivity contribution in [2.45, 2.75) is 65.3 Å². The van der Waals surface area contributed by atoms with Crippen LogP contribution in [0.5, 0.6) is 5.75 Å². The van der Waals surface area contributed by atoms with Gasteiger partial charge in [-0.1, -0.05) is 26.7 Å². The van der Waals surface area contributed by atoms with Crippen molar-refractivity contribution in [1.82, 2.24) is 5.01 Å². The van der Waals surface area contributed by atoms with Gasteiger partial charge in [0.25, 0.3) is 0 Å². The molecule has 1 aromatic rings. The van der Waals surface area contributed by atoms with Crippen molar-refractivity contribution in [3.05, 3.63) is 52.7 Å². The summed E-state index contributed by atoms with van der Waals surface area (Å²) in [5.74, 6) is 7.71. The minimum atomic E-state index is -0.342. The number of aliphatic hydroxyl groups excluding tert-OH is 1. The zero-order chi connectivity index (χ0) is 26.6. The van der Waals surface area contributed by atoms with E-state index in [4.69, 9.17) is 24.7 Å². The lowest BCUT2D eigenvalue weighted by molar-refractivity contribution is 0.0952. The largest absolute Gasteiger partial charge is 0.493 e. The van der Waals surface area contributed by atoms with Gasteiger partial charge in [-0.2, -0.15) is 5.10 Å². The number of carbonyl (C=O) groups excluding carboxylic acids is 1. The quantitative estimate of drug-likeness (QED) is 0.301. The molecule has 0 radical (unpaired) electrons. The van der Waals surface area contributed by atoms with E-state index in [9.17, 15) is 4.79 Å². The Labute approximate surface area is 219 Å². The van der Waals surface area contributed by atoms with Crippen LogP contribution in [-0.2, 0) is 10.2 Å². The van der Waals surface area contributed by atoms with E-state index in [1.165, 1.54) is 12.8 Å². The number of dihydropyridines is 1. The van der Waals surface area contributed by atoms with Crippen molar-refractivity contribution in [3.8, 4) is 17.6 Å². The molecule has 1 fully saturated rings. The van der Waals surface area contributed by atoms with Crippen LogP contribution < -0.4 is 4.74 Å². The van der Waals surface area contributed by atoms with E-state index in [1.807, 2.05) is 25.1 Å². The van der Waals surface area contributed by atoms with Gasteiger partial charge in [0.15, 0.2) is 5.78 Å². The third-order valence-electron chi connectivity index (χ3n) is 6.55. The van der Waals surface area contributed by atoms with Crippen LogP contribution in [0.4, 0.5) is 0 Å². The number of rotatable bonds is 9. The fourth-order valence-electron chi connectivity index (χ4n) is 4.12. The van der Waals surface area contributed by atoms with Gasteiger partial charge in [-0.3, -0.25) is 9.80 Å². The van der Waals surface area contributed by atoms with Crippen LogP contribution in [-0.4, -0.2) is 59.9 Å². The van der Waals surface area contributed by atoms with Gasteiger partial charge in [-0.15, -0.1) is 5.92 Å². The number of aliphatic imine (C=N–C) groups is 1. The Kier molecular flexibility index (Phi) is 8.19. The molecule has 4 rings (SSSR count). The summed E-state index contributed by atoms with van der Waals surface area (Å²) < 4.78 is 11.8. The van der Waals surface area contributed by atoms with Crippen molar-refractivity contribution >= 4 is 17.4 Å². The molecule has 3 aliphatic rings. The van der Waals surface area contributed by atoms with Crippen LogP contribution in [0.2, 0.25) is 0 Å². The molecule has 2 heterocycles. The maximum absolute atomic E-state index is 13.6. The second kappa shape index (κ2) is 11.4. The lowest BCUT2D eigenvalue weighted by atomic mass is 9.85. The SMILES string of the molecule is CC#C/C=C1/C2N=C(OCC3CC3)C=C(C)C2=NN1CC(=O)c1cc(OCCCO)cc(C(C)(C)C)c1. The van der Waals surface area contributed by atoms with E-state index in [0.29, 0.717) is 42.8 Å². The average Bonchev–Trinajstić information content (AvgIpc) is 3.62. The van der Waals surface area contributed by atoms with Gasteiger partial charge in [0.05, 0.1) is 24.6 Å². The predicted octanol–water partition coefficient (Wildman–Crippen LogP) is 4.66. The molecular formula is C30H37N3O4. The Hall–Kier alpha value is -3.37. The number of aliphatic hydroxyl groups is 1. The molecule has 0 aromatic heterocycles. The van der Waals surface area contributed by atoms with E-state index >= 15 is 0 Å². The minimum Gasteiger partial charge on any atom is -0.493 e. The van der Waals surface area contributed by atoms with Crippen LogP contribution in [0.1, 0.15) is 69.8 Å². The fourth-order valence-corrected chi connectivity index (χ4v) is 4.12. The molecule has 0 bridgehead atoms. The Bertz CT molecular complexity index is 1220. The summed E-state index contributed by atoms with van der Waals surface area (Å²) in [5, 5.41) is 15.6. The van der Waals surface area contributed by atoms with Gasteiger partial charge in [0, 0.05) is 30.7 Å². The molecule has 1 atom stereocenters. The standard InChI is InChI=1S/C30H37N3O4/c1-6-7-9-25-29-28(20(2)14-27(31-29)37-19-21-10-11-21)32-33(25)18-26(35)22-15-23(30(3,4)5)17-24(16-22)36-13-8-12-34/h9,14-17,21,29,34H,8,10-13,18-19H2,1-5H3/b25-9-. The van der Waals surface area contributed by atoms with Crippen LogP contribution >= 0.6 is 0 Å². The molecular weight excluding hydrogens is 466 g/mol. The first-order chi connectivity index (χ1) is 17.7. The summed E-state index contributed by atoms with van der Waals surface area (Å²) >= 11 is 0. The number of ketones is 1. The number of hydrazone groups is 1. The normalized spacial score (nSPS) is 19.9. The molecule has 7 nitrogen and oxygen atoms in total. The second-order valence-electron chi connectivity index (χ2n) is 10.8. The first-order valence-electron chi connectivity index (χ1n) is 13.0. The van der Waals surface area contributed by atoms with Crippen LogP contribution in [0.25, 0.3) is 0 Å². The highest BCUT2D eigenvalue weighted by Gasteiger charge is 2.37. The first kappa shape index (κ1) is 26.7. The zero-order valence-electron chi connectivity index (χ0n) is 22.5. The maximum atomic E-state index is 13.6. The number of allylic oxidation sites excluding steroid dienone is 1. The minimum absolute atomic E-state index is 0.0562. The Balaban J connectivity index is 1.59. The van der Waals surface area contributed by atoms with Crippen molar-refractivity contribution < 1.29 is 19.4 Å². The topological polar surface area (TPSA) is 83.7 Å². The van der Waals surface area contributed by atoms with Gasteiger partial charge in [-0.25, -0.2) is 4.99 Å². The third kappa shape index (κ3) is 6.69. The summed E-state index contributed by atoms with van der Waals surface area (Å²) in [6, 6.07) is 5.33. The molecule has 1 aromatic carbocycles. The van der Waals surface area contributed by atoms with E-state index in [1.54, 1.807) is 24.1 Å². The van der Waals surface area contributed by atoms with E-state index in [-0.39, 0.29) is 30.4 Å². The molecule has 0 amide bonds. The number of Topliss-reactive ketones (excluding diaryl/α,β-unsaturated/α-hetero) is 1. The summed E-state index contributed by atoms with van der Waals surface area (Å²) in [6.45, 7) is 11.3. The van der Waals surface area contributed by atoms with E-state index in [0.717, 1.165) is 22.5 Å². The number of nitrogens with zero attached hydrogens (tertiary/aromatic N) is 3. The number of hydrogen-bond acceptors (Lipinski definition) is 7. The monoisotopic (exact) mass is 503 g/mol. The average molecular weight is 504 g/mol. The molecule has 37 heavy (non-hydrogen) atoms. The van der Waals surface area contributed by atoms with Gasteiger partial charge in [-0.05, 0) is 67.4 Å². The van der Waals surface area contributed by atoms with Crippen molar-refractivity contribution in [1.29, 1.82) is 0 Å². The third-order valence-corrected chi connectivity index (χ3v) is 6.55. The van der Waals surface area contributed by atoms with Crippen molar-refractivity contribution in [2.24, 2.45) is 16.0 Å². The molecule has 1 saturated carbocycles. The lowest BCUT2D eigenvalue weighted by Gasteiger charge is -2.22. The summed E-state index contributed by atoms with van der Waals surface area (Å²) in [4.78, 5) is 18.4. The molecule has 2 aliphatic heterocycles. The Morgan fingerprint density at radius 2 is 2.03 bits per heavy atom.